The van der Waals surface area contributed by atoms with Gasteiger partial charge in [-0.15, -0.1) is 0 Å². The van der Waals surface area contributed by atoms with Crippen molar-refractivity contribution in [2.24, 2.45) is 5.92 Å². The first kappa shape index (κ1) is 10.7. The fourth-order valence-corrected chi connectivity index (χ4v) is 2.75. The fourth-order valence-electron chi connectivity index (χ4n) is 2.75. The topological polar surface area (TPSA) is 46.5 Å². The van der Waals surface area contributed by atoms with Gasteiger partial charge in [-0.05, 0) is 26.2 Å². The van der Waals surface area contributed by atoms with Crippen LogP contribution in [0.5, 0.6) is 0 Å². The summed E-state index contributed by atoms with van der Waals surface area (Å²) in [6, 6.07) is 0. The number of aliphatic hydroxyl groups is 1. The van der Waals surface area contributed by atoms with E-state index in [0.29, 0.717) is 13.0 Å². The van der Waals surface area contributed by atoms with Crippen molar-refractivity contribution in [1.82, 2.24) is 0 Å². The second kappa shape index (κ2) is 4.35. The molecule has 1 fully saturated rings. The molecule has 0 spiro atoms. The van der Waals surface area contributed by atoms with Crippen LogP contribution in [0.3, 0.4) is 0 Å². The molecule has 0 aliphatic heterocycles. The van der Waals surface area contributed by atoms with E-state index < -0.39 is 0 Å². The van der Waals surface area contributed by atoms with Gasteiger partial charge in [0.15, 0.2) is 0 Å². The smallest absolute Gasteiger partial charge is 0.334 e. The Morgan fingerprint density at radius 2 is 2.33 bits per heavy atom. The maximum absolute atomic E-state index is 11.7. The Bertz CT molecular complexity index is 293. The third-order valence-corrected chi connectivity index (χ3v) is 3.45. The Labute approximate surface area is 90.1 Å². The van der Waals surface area contributed by atoms with Gasteiger partial charge in [-0.2, -0.15) is 0 Å². The van der Waals surface area contributed by atoms with Gasteiger partial charge in [0.25, 0.3) is 0 Å². The van der Waals surface area contributed by atoms with Gasteiger partial charge >= 0.3 is 5.97 Å². The molecule has 15 heavy (non-hydrogen) atoms. The first-order chi connectivity index (χ1) is 7.24. The molecule has 1 N–H and O–H groups in total. The number of esters is 1. The standard InChI is InChI=1S/C12H18O3/c1-2-15-12(14)10-7-11(13)9-6-4-3-5-8(9)10/h9,11,13H,2-7H2,1H3/t9-,11-/m0/s1. The molecule has 0 saturated heterocycles. The summed E-state index contributed by atoms with van der Waals surface area (Å²) < 4.78 is 5.02. The number of rotatable bonds is 2. The van der Waals surface area contributed by atoms with Crippen LogP contribution >= 0.6 is 0 Å². The third kappa shape index (κ3) is 1.93. The average Bonchev–Trinajstić information content (AvgIpc) is 2.58. The largest absolute Gasteiger partial charge is 0.463 e. The van der Waals surface area contributed by atoms with Gasteiger partial charge in [0, 0.05) is 17.9 Å². The van der Waals surface area contributed by atoms with Crippen molar-refractivity contribution < 1.29 is 14.6 Å². The Morgan fingerprint density at radius 1 is 1.53 bits per heavy atom. The van der Waals surface area contributed by atoms with Gasteiger partial charge in [-0.3, -0.25) is 0 Å². The first-order valence-electron chi connectivity index (χ1n) is 5.81. The molecule has 2 aliphatic carbocycles. The highest BCUT2D eigenvalue weighted by Gasteiger charge is 2.37. The van der Waals surface area contributed by atoms with E-state index in [1.807, 2.05) is 6.92 Å². The fraction of sp³-hybridized carbons (Fsp3) is 0.750. The number of carbonyl (C=O) groups excluding carboxylic acids is 1. The maximum Gasteiger partial charge on any atom is 0.334 e. The summed E-state index contributed by atoms with van der Waals surface area (Å²) in [5, 5.41) is 9.86. The number of fused-ring (bicyclic) bond motifs is 1. The van der Waals surface area contributed by atoms with Crippen LogP contribution in [0.15, 0.2) is 11.1 Å². The van der Waals surface area contributed by atoms with Crippen molar-refractivity contribution in [3.8, 4) is 0 Å². The van der Waals surface area contributed by atoms with Crippen LogP contribution in [0.2, 0.25) is 0 Å². The zero-order chi connectivity index (χ0) is 10.8. The van der Waals surface area contributed by atoms with E-state index in [4.69, 9.17) is 4.74 Å². The number of carbonyl (C=O) groups is 1. The van der Waals surface area contributed by atoms with Gasteiger partial charge in [-0.1, -0.05) is 12.0 Å². The summed E-state index contributed by atoms with van der Waals surface area (Å²) in [7, 11) is 0. The zero-order valence-corrected chi connectivity index (χ0v) is 9.16. The molecule has 1 saturated carbocycles. The van der Waals surface area contributed by atoms with Gasteiger partial charge in [0.2, 0.25) is 0 Å². The Kier molecular flexibility index (Phi) is 3.10. The molecule has 2 atom stereocenters. The van der Waals surface area contributed by atoms with Crippen LogP contribution in [-0.4, -0.2) is 23.8 Å². The number of hydrogen-bond acceptors (Lipinski definition) is 3. The molecule has 0 aromatic heterocycles. The molecule has 2 rings (SSSR count). The van der Waals surface area contributed by atoms with Crippen LogP contribution in [0.1, 0.15) is 39.0 Å². The molecule has 0 aromatic rings. The molecule has 0 bridgehead atoms. The summed E-state index contributed by atoms with van der Waals surface area (Å²) in [6.07, 6.45) is 4.45. The van der Waals surface area contributed by atoms with Crippen molar-refractivity contribution in [2.75, 3.05) is 6.61 Å². The normalized spacial score (nSPS) is 30.3. The number of hydrogen-bond donors (Lipinski definition) is 1. The predicted octanol–water partition coefficient (Wildman–Crippen LogP) is 1.80. The molecular weight excluding hydrogens is 192 g/mol. The Balaban J connectivity index is 2.18. The molecule has 3 heteroatoms. The van der Waals surface area contributed by atoms with E-state index in [-0.39, 0.29) is 18.0 Å². The van der Waals surface area contributed by atoms with Crippen molar-refractivity contribution in [3.05, 3.63) is 11.1 Å². The molecular formula is C12H18O3. The van der Waals surface area contributed by atoms with Crippen LogP contribution in [0.4, 0.5) is 0 Å². The monoisotopic (exact) mass is 210 g/mol. The summed E-state index contributed by atoms with van der Waals surface area (Å²) >= 11 is 0. The molecule has 84 valence electrons. The van der Waals surface area contributed by atoms with Gasteiger partial charge in [0.05, 0.1) is 12.7 Å². The summed E-state index contributed by atoms with van der Waals surface area (Å²) in [5.74, 6) is 0.0223. The van der Waals surface area contributed by atoms with E-state index in [1.165, 1.54) is 12.0 Å². The Morgan fingerprint density at radius 3 is 3.07 bits per heavy atom. The lowest BCUT2D eigenvalue weighted by atomic mass is 9.84. The highest BCUT2D eigenvalue weighted by Crippen LogP contribution is 2.42. The van der Waals surface area contributed by atoms with Crippen molar-refractivity contribution in [2.45, 2.75) is 45.1 Å². The van der Waals surface area contributed by atoms with Crippen molar-refractivity contribution >= 4 is 5.97 Å². The van der Waals surface area contributed by atoms with Gasteiger partial charge in [-0.25, -0.2) is 4.79 Å². The maximum atomic E-state index is 11.7. The predicted molar refractivity (Wildman–Crippen MR) is 56.2 cm³/mol. The summed E-state index contributed by atoms with van der Waals surface area (Å²) in [6.45, 7) is 2.23. The lowest BCUT2D eigenvalue weighted by Crippen LogP contribution is -2.18. The van der Waals surface area contributed by atoms with E-state index in [9.17, 15) is 9.90 Å². The molecule has 0 amide bonds. The molecule has 0 aromatic carbocycles. The van der Waals surface area contributed by atoms with E-state index in [1.54, 1.807) is 0 Å². The average molecular weight is 210 g/mol. The first-order valence-corrected chi connectivity index (χ1v) is 5.81. The number of aliphatic hydroxyl groups excluding tert-OH is 1. The van der Waals surface area contributed by atoms with Crippen LogP contribution in [0, 0.1) is 5.92 Å². The minimum atomic E-state index is -0.347. The van der Waals surface area contributed by atoms with Crippen molar-refractivity contribution in [3.63, 3.8) is 0 Å². The second-order valence-corrected chi connectivity index (χ2v) is 4.35. The van der Waals surface area contributed by atoms with Crippen LogP contribution < -0.4 is 0 Å². The molecule has 2 aliphatic rings. The lowest BCUT2D eigenvalue weighted by molar-refractivity contribution is -0.138. The third-order valence-electron chi connectivity index (χ3n) is 3.45. The van der Waals surface area contributed by atoms with Gasteiger partial charge < -0.3 is 9.84 Å². The van der Waals surface area contributed by atoms with Crippen LogP contribution in [-0.2, 0) is 9.53 Å². The van der Waals surface area contributed by atoms with Crippen LogP contribution in [0.25, 0.3) is 0 Å². The van der Waals surface area contributed by atoms with Crippen molar-refractivity contribution in [1.29, 1.82) is 0 Å². The minimum absolute atomic E-state index is 0.212. The molecule has 0 unspecified atom stereocenters. The SMILES string of the molecule is CCOC(=O)C1=C2CCCC[C@@H]2[C@@H](O)C1. The second-order valence-electron chi connectivity index (χ2n) is 4.35. The lowest BCUT2D eigenvalue weighted by Gasteiger charge is -2.23. The quantitative estimate of drug-likeness (QED) is 0.707. The van der Waals surface area contributed by atoms with Gasteiger partial charge in [0.1, 0.15) is 0 Å². The highest BCUT2D eigenvalue weighted by atomic mass is 16.5. The highest BCUT2D eigenvalue weighted by molar-refractivity contribution is 5.90. The number of ether oxygens (including phenoxy) is 1. The molecule has 0 heterocycles. The Hall–Kier alpha value is -0.830. The van der Waals surface area contributed by atoms with E-state index in [2.05, 4.69) is 0 Å². The summed E-state index contributed by atoms with van der Waals surface area (Å²) in [4.78, 5) is 11.7. The van der Waals surface area contributed by atoms with E-state index in [0.717, 1.165) is 24.8 Å². The van der Waals surface area contributed by atoms with E-state index >= 15 is 0 Å². The molecule has 0 radical (unpaired) electrons. The minimum Gasteiger partial charge on any atom is -0.463 e. The summed E-state index contributed by atoms with van der Waals surface area (Å²) in [5.41, 5.74) is 1.93. The molecule has 3 nitrogen and oxygen atoms in total. The zero-order valence-electron chi connectivity index (χ0n) is 9.16.